The molecule has 0 radical (unpaired) electrons. The van der Waals surface area contributed by atoms with E-state index in [2.05, 4.69) is 11.6 Å². The smallest absolute Gasteiger partial charge is 0.244 e. The quantitative estimate of drug-likeness (QED) is 0.786. The molecule has 0 bridgehead atoms. The molecule has 0 aliphatic rings. The van der Waals surface area contributed by atoms with Gasteiger partial charge >= 0.3 is 0 Å². The minimum atomic E-state index is -3.57. The number of rotatable bonds is 7. The van der Waals surface area contributed by atoms with E-state index < -0.39 is 10.0 Å². The molecule has 1 aromatic rings. The molecule has 0 fully saturated rings. The highest BCUT2D eigenvalue weighted by molar-refractivity contribution is 7.89. The highest BCUT2D eigenvalue weighted by Crippen LogP contribution is 2.26. The van der Waals surface area contributed by atoms with Gasteiger partial charge < -0.3 is 4.74 Å². The molecule has 0 aromatic heterocycles. The van der Waals surface area contributed by atoms with Gasteiger partial charge in [0.05, 0.1) is 7.11 Å². The molecule has 0 saturated carbocycles. The second kappa shape index (κ2) is 6.97. The first-order valence-electron chi connectivity index (χ1n) is 5.84. The van der Waals surface area contributed by atoms with E-state index in [1.54, 1.807) is 12.1 Å². The number of halogens is 1. The number of benzene rings is 1. The minimum absolute atomic E-state index is 0.0778. The lowest BCUT2D eigenvalue weighted by molar-refractivity contribution is 0.402. The molecule has 4 nitrogen and oxygen atoms in total. The van der Waals surface area contributed by atoms with Crippen molar-refractivity contribution in [3.8, 4) is 5.75 Å². The number of hydrogen-bond donors (Lipinski definition) is 1. The summed E-state index contributed by atoms with van der Waals surface area (Å²) < 4.78 is 31.7. The highest BCUT2D eigenvalue weighted by Gasteiger charge is 2.19. The molecule has 1 rings (SSSR count). The Balaban J connectivity index is 2.87. The van der Waals surface area contributed by atoms with Crippen LogP contribution in [0.2, 0.25) is 5.02 Å². The molecule has 0 unspecified atom stereocenters. The Kier molecular flexibility index (Phi) is 5.91. The molecule has 0 atom stereocenters. The third-order valence-electron chi connectivity index (χ3n) is 2.49. The summed E-state index contributed by atoms with van der Waals surface area (Å²) in [6, 6.07) is 4.53. The lowest BCUT2D eigenvalue weighted by atomic mass is 10.3. The van der Waals surface area contributed by atoms with Crippen molar-refractivity contribution >= 4 is 21.6 Å². The van der Waals surface area contributed by atoms with Crippen molar-refractivity contribution in [3.05, 3.63) is 23.2 Å². The Bertz CT molecular complexity index is 488. The SMILES string of the molecule is CCCCCNS(=O)(=O)c1cc(Cl)ccc1OC. The van der Waals surface area contributed by atoms with Crippen LogP contribution in [0.1, 0.15) is 26.2 Å². The van der Waals surface area contributed by atoms with Crippen LogP contribution in [0.25, 0.3) is 0 Å². The normalized spacial score (nSPS) is 11.5. The van der Waals surface area contributed by atoms with E-state index in [1.165, 1.54) is 13.2 Å². The molecule has 0 spiro atoms. The van der Waals surface area contributed by atoms with E-state index in [-0.39, 0.29) is 4.90 Å². The Morgan fingerprint density at radius 2 is 2.06 bits per heavy atom. The first kappa shape index (κ1) is 15.3. The standard InChI is InChI=1S/C12H18ClNO3S/c1-3-4-5-8-14-18(15,16)12-9-10(13)6-7-11(12)17-2/h6-7,9,14H,3-5,8H2,1-2H3. The third kappa shape index (κ3) is 4.15. The number of nitrogens with one attached hydrogen (secondary N) is 1. The molecule has 0 aliphatic carbocycles. The minimum Gasteiger partial charge on any atom is -0.495 e. The molecule has 6 heteroatoms. The number of unbranched alkanes of at least 4 members (excludes halogenated alkanes) is 2. The van der Waals surface area contributed by atoms with Gasteiger partial charge in [-0.3, -0.25) is 0 Å². The summed E-state index contributed by atoms with van der Waals surface area (Å²) in [6.45, 7) is 2.49. The van der Waals surface area contributed by atoms with Crippen LogP contribution in [0.4, 0.5) is 0 Å². The Hall–Kier alpha value is -0.780. The molecular weight excluding hydrogens is 274 g/mol. The van der Waals surface area contributed by atoms with Gasteiger partial charge in [-0.25, -0.2) is 13.1 Å². The van der Waals surface area contributed by atoms with Crippen LogP contribution in [-0.4, -0.2) is 22.1 Å². The van der Waals surface area contributed by atoms with Crippen molar-refractivity contribution in [1.82, 2.24) is 4.72 Å². The van der Waals surface area contributed by atoms with Gasteiger partial charge in [0.15, 0.2) is 0 Å². The maximum Gasteiger partial charge on any atom is 0.244 e. The van der Waals surface area contributed by atoms with Crippen LogP contribution < -0.4 is 9.46 Å². The van der Waals surface area contributed by atoms with Crippen LogP contribution in [0, 0.1) is 0 Å². The molecule has 102 valence electrons. The zero-order valence-electron chi connectivity index (χ0n) is 10.6. The lowest BCUT2D eigenvalue weighted by Crippen LogP contribution is -2.25. The molecule has 0 aliphatic heterocycles. The monoisotopic (exact) mass is 291 g/mol. The molecule has 0 amide bonds. The predicted molar refractivity (Wildman–Crippen MR) is 72.7 cm³/mol. The van der Waals surface area contributed by atoms with E-state index in [1.807, 2.05) is 0 Å². The summed E-state index contributed by atoms with van der Waals surface area (Å²) in [6.07, 6.45) is 2.86. The number of methoxy groups -OCH3 is 1. The van der Waals surface area contributed by atoms with Gasteiger partial charge in [-0.15, -0.1) is 0 Å². The largest absolute Gasteiger partial charge is 0.495 e. The van der Waals surface area contributed by atoms with Crippen molar-refractivity contribution in [2.24, 2.45) is 0 Å². The van der Waals surface area contributed by atoms with E-state index >= 15 is 0 Å². The van der Waals surface area contributed by atoms with E-state index in [9.17, 15) is 8.42 Å². The van der Waals surface area contributed by atoms with Gasteiger partial charge in [0.25, 0.3) is 0 Å². The highest BCUT2D eigenvalue weighted by atomic mass is 35.5. The zero-order valence-corrected chi connectivity index (χ0v) is 12.1. The van der Waals surface area contributed by atoms with Crippen molar-refractivity contribution in [2.45, 2.75) is 31.1 Å². The van der Waals surface area contributed by atoms with Gasteiger partial charge in [-0.1, -0.05) is 31.4 Å². The Labute approximate surface area is 113 Å². The first-order chi connectivity index (χ1) is 8.51. The summed E-state index contributed by atoms with van der Waals surface area (Å²) in [4.78, 5) is 0.0778. The van der Waals surface area contributed by atoms with Crippen LogP contribution in [0.5, 0.6) is 5.75 Å². The maximum absolute atomic E-state index is 12.1. The number of sulfonamides is 1. The summed E-state index contributed by atoms with van der Waals surface area (Å²) >= 11 is 5.82. The molecular formula is C12H18ClNO3S. The molecule has 0 heterocycles. The second-order valence-corrected chi connectivity index (χ2v) is 6.07. The topological polar surface area (TPSA) is 55.4 Å². The van der Waals surface area contributed by atoms with Crippen molar-refractivity contribution in [2.75, 3.05) is 13.7 Å². The van der Waals surface area contributed by atoms with Gasteiger partial charge in [0.2, 0.25) is 10.0 Å². The summed E-state index contributed by atoms with van der Waals surface area (Å²) in [7, 11) is -2.14. The lowest BCUT2D eigenvalue weighted by Gasteiger charge is -2.10. The van der Waals surface area contributed by atoms with E-state index in [0.29, 0.717) is 17.3 Å². The van der Waals surface area contributed by atoms with Crippen molar-refractivity contribution in [1.29, 1.82) is 0 Å². The third-order valence-corrected chi connectivity index (χ3v) is 4.20. The van der Waals surface area contributed by atoms with Crippen LogP contribution in [0.3, 0.4) is 0 Å². The fourth-order valence-electron chi connectivity index (χ4n) is 1.52. The summed E-state index contributed by atoms with van der Waals surface area (Å²) in [5.74, 6) is 0.294. The van der Waals surface area contributed by atoms with Crippen molar-refractivity contribution in [3.63, 3.8) is 0 Å². The summed E-state index contributed by atoms with van der Waals surface area (Å²) in [5, 5.41) is 0.365. The molecule has 18 heavy (non-hydrogen) atoms. The molecule has 1 aromatic carbocycles. The van der Waals surface area contributed by atoms with Crippen molar-refractivity contribution < 1.29 is 13.2 Å². The van der Waals surface area contributed by atoms with Gasteiger partial charge in [0, 0.05) is 11.6 Å². The van der Waals surface area contributed by atoms with Crippen LogP contribution >= 0.6 is 11.6 Å². The van der Waals surface area contributed by atoms with E-state index in [4.69, 9.17) is 16.3 Å². The number of ether oxygens (including phenoxy) is 1. The number of hydrogen-bond acceptors (Lipinski definition) is 3. The van der Waals surface area contributed by atoms with Crippen LogP contribution in [0.15, 0.2) is 23.1 Å². The van der Waals surface area contributed by atoms with Gasteiger partial charge in [0.1, 0.15) is 10.6 Å². The zero-order chi connectivity index (χ0) is 13.6. The second-order valence-electron chi connectivity index (χ2n) is 3.90. The van der Waals surface area contributed by atoms with Gasteiger partial charge in [-0.05, 0) is 24.6 Å². The van der Waals surface area contributed by atoms with Gasteiger partial charge in [-0.2, -0.15) is 0 Å². The van der Waals surface area contributed by atoms with Crippen LogP contribution in [-0.2, 0) is 10.0 Å². The fraction of sp³-hybridized carbons (Fsp3) is 0.500. The molecule has 1 N–H and O–H groups in total. The summed E-state index contributed by atoms with van der Waals surface area (Å²) in [5.41, 5.74) is 0. The Morgan fingerprint density at radius 3 is 2.67 bits per heavy atom. The fourth-order valence-corrected chi connectivity index (χ4v) is 3.02. The van der Waals surface area contributed by atoms with E-state index in [0.717, 1.165) is 19.3 Å². The maximum atomic E-state index is 12.1. The average molecular weight is 292 g/mol. The average Bonchev–Trinajstić information content (AvgIpc) is 2.35. The molecule has 0 saturated heterocycles. The first-order valence-corrected chi connectivity index (χ1v) is 7.70. The Morgan fingerprint density at radius 1 is 1.33 bits per heavy atom. The predicted octanol–water partition coefficient (Wildman–Crippen LogP) is 2.82.